The number of benzene rings is 2. The molecule has 1 heterocycles. The second-order valence-corrected chi connectivity index (χ2v) is 7.00. The maximum absolute atomic E-state index is 12.8. The van der Waals surface area contributed by atoms with Gasteiger partial charge in [-0.1, -0.05) is 0 Å². The van der Waals surface area contributed by atoms with E-state index in [1.54, 1.807) is 80.3 Å². The van der Waals surface area contributed by atoms with E-state index in [0.29, 0.717) is 40.8 Å². The van der Waals surface area contributed by atoms with Crippen LogP contribution in [0.2, 0.25) is 0 Å². The highest BCUT2D eigenvalue weighted by Crippen LogP contribution is 2.29. The molecule has 3 N–H and O–H groups in total. The summed E-state index contributed by atoms with van der Waals surface area (Å²) in [5.41, 5.74) is 0.722. The maximum Gasteiger partial charge on any atom is 0.338 e. The maximum atomic E-state index is 12.8. The van der Waals surface area contributed by atoms with Gasteiger partial charge in [0.25, 0.3) is 5.91 Å². The molecule has 9 heteroatoms. The predicted molar refractivity (Wildman–Crippen MR) is 119 cm³/mol. The number of aryl methyl sites for hydroxylation is 1. The molecular weight excluding hydrogens is 414 g/mol. The van der Waals surface area contributed by atoms with E-state index in [1.807, 2.05) is 0 Å². The summed E-state index contributed by atoms with van der Waals surface area (Å²) in [7, 11) is 1.76. The van der Waals surface area contributed by atoms with Crippen LogP contribution in [0.1, 0.15) is 34.6 Å². The Hall–Kier alpha value is -3.85. The number of hydrogen-bond acceptors (Lipinski definition) is 6. The summed E-state index contributed by atoms with van der Waals surface area (Å²) >= 11 is 0. The monoisotopic (exact) mass is 440 g/mol. The van der Waals surface area contributed by atoms with Crippen LogP contribution in [0, 0.1) is 0 Å². The summed E-state index contributed by atoms with van der Waals surface area (Å²) in [6.07, 6.45) is 1.36. The van der Waals surface area contributed by atoms with Gasteiger partial charge in [-0.15, -0.1) is 0 Å². The number of nitrogens with zero attached hydrogens (tertiary/aromatic N) is 2. The van der Waals surface area contributed by atoms with Gasteiger partial charge in [-0.25, -0.2) is 4.79 Å². The van der Waals surface area contributed by atoms with Crippen molar-refractivity contribution in [1.82, 2.24) is 9.78 Å². The molecule has 3 rings (SSSR count). The Balaban J connectivity index is 1.83. The molecule has 0 aliphatic carbocycles. The zero-order chi connectivity index (χ0) is 23.1. The second-order valence-electron chi connectivity index (χ2n) is 7.00. The zero-order valence-corrected chi connectivity index (χ0v) is 18.1. The van der Waals surface area contributed by atoms with Gasteiger partial charge < -0.3 is 24.6 Å². The number of hydrogen-bond donors (Lipinski definition) is 1. The van der Waals surface area contributed by atoms with Crippen molar-refractivity contribution in [3.8, 4) is 17.2 Å². The highest BCUT2D eigenvalue weighted by Gasteiger charge is 2.15. The van der Waals surface area contributed by atoms with E-state index in [9.17, 15) is 9.59 Å². The highest BCUT2D eigenvalue weighted by atomic mass is 16.5. The van der Waals surface area contributed by atoms with Gasteiger partial charge in [0.2, 0.25) is 0 Å². The first-order valence-electron chi connectivity index (χ1n) is 10.1. The number of anilines is 1. The van der Waals surface area contributed by atoms with Crippen LogP contribution >= 0.6 is 0 Å². The molecule has 0 fully saturated rings. The number of nitrogens with one attached hydrogen (secondary N) is 1. The van der Waals surface area contributed by atoms with Crippen molar-refractivity contribution in [1.29, 1.82) is 0 Å². The standard InChI is InChI=1S/C23H25N3O6/c1-4-30-23(29)16-5-7-18(8-6-16)32-20-12-17(11-19(13-20)31-15(2)14-27)22(28)24-21-9-10-26(3)25-21/h5-13,15,27H,4,14H2,1-3H3,(H,24,25,28)/p+1/t15-/m0/s1. The number of aromatic nitrogens is 2. The van der Waals surface area contributed by atoms with E-state index in [1.165, 1.54) is 0 Å². The molecule has 0 saturated heterocycles. The van der Waals surface area contributed by atoms with Crippen LogP contribution in [0.5, 0.6) is 17.2 Å². The minimum Gasteiger partial charge on any atom is -0.483 e. The summed E-state index contributed by atoms with van der Waals surface area (Å²) in [6, 6.07) is 13.0. The van der Waals surface area contributed by atoms with Gasteiger partial charge in [0, 0.05) is 30.9 Å². The van der Waals surface area contributed by atoms with Crippen LogP contribution in [-0.2, 0) is 11.8 Å². The molecule has 0 unspecified atom stereocenters. The van der Waals surface area contributed by atoms with Crippen LogP contribution in [0.4, 0.5) is 5.82 Å². The number of ether oxygens (including phenoxy) is 3. The minimum absolute atomic E-state index is 0.0653. The summed E-state index contributed by atoms with van der Waals surface area (Å²) in [5, 5.41) is 14.4. The molecule has 168 valence electrons. The number of carbonyl (C=O) groups excluding carboxylic acids is 2. The Morgan fingerprint density at radius 2 is 1.78 bits per heavy atom. The van der Waals surface area contributed by atoms with Crippen LogP contribution in [0.15, 0.2) is 54.7 Å². The molecular formula is C23H26N3O6+. The summed E-state index contributed by atoms with van der Waals surface area (Å²) in [4.78, 5) is 24.6. The van der Waals surface area contributed by atoms with Crippen molar-refractivity contribution in [3.63, 3.8) is 0 Å². The van der Waals surface area contributed by atoms with Crippen LogP contribution in [-0.4, -0.2) is 46.1 Å². The Morgan fingerprint density at radius 3 is 2.41 bits per heavy atom. The fourth-order valence-electron chi connectivity index (χ4n) is 2.78. The van der Waals surface area contributed by atoms with Gasteiger partial charge in [-0.3, -0.25) is 9.48 Å². The molecule has 1 amide bonds. The fourth-order valence-corrected chi connectivity index (χ4v) is 2.78. The molecule has 0 radical (unpaired) electrons. The average Bonchev–Trinajstić information content (AvgIpc) is 3.18. The third kappa shape index (κ3) is 6.08. The van der Waals surface area contributed by atoms with E-state index in [2.05, 4.69) is 10.4 Å². The Labute approximate surface area is 185 Å². The van der Waals surface area contributed by atoms with E-state index in [0.717, 1.165) is 0 Å². The Kier molecular flexibility index (Phi) is 7.45. The summed E-state index contributed by atoms with van der Waals surface area (Å²) in [5.74, 6) is 0.869. The van der Waals surface area contributed by atoms with Gasteiger partial charge >= 0.3 is 5.97 Å². The topological polar surface area (TPSA) is 115 Å². The molecule has 2 aromatic carbocycles. The van der Waals surface area contributed by atoms with E-state index in [-0.39, 0.29) is 18.6 Å². The van der Waals surface area contributed by atoms with Crippen molar-refractivity contribution in [3.05, 3.63) is 65.9 Å². The van der Waals surface area contributed by atoms with E-state index >= 15 is 0 Å². The van der Waals surface area contributed by atoms with Crippen LogP contribution in [0.25, 0.3) is 0 Å². The normalized spacial score (nSPS) is 11.5. The Bertz CT molecular complexity index is 1080. The first kappa shape index (κ1) is 22.8. The van der Waals surface area contributed by atoms with Crippen molar-refractivity contribution in [2.45, 2.75) is 20.0 Å². The highest BCUT2D eigenvalue weighted by molar-refractivity contribution is 6.04. The van der Waals surface area contributed by atoms with Crippen LogP contribution in [0.3, 0.4) is 0 Å². The minimum atomic E-state index is -0.410. The number of carbonyl (C=O) groups is 2. The number of esters is 1. The first-order valence-corrected chi connectivity index (χ1v) is 10.1. The second kappa shape index (κ2) is 10.5. The Morgan fingerprint density at radius 1 is 1.06 bits per heavy atom. The lowest BCUT2D eigenvalue weighted by atomic mass is 10.1. The molecule has 3 aromatic rings. The van der Waals surface area contributed by atoms with Crippen molar-refractivity contribution < 1.29 is 28.9 Å². The fraction of sp³-hybridized carbons (Fsp3) is 0.261. The average molecular weight is 440 g/mol. The van der Waals surface area contributed by atoms with Gasteiger partial charge in [0.1, 0.15) is 17.2 Å². The van der Waals surface area contributed by atoms with E-state index < -0.39 is 5.97 Å². The van der Waals surface area contributed by atoms with Gasteiger partial charge in [0.05, 0.1) is 12.2 Å². The molecule has 0 spiro atoms. The van der Waals surface area contributed by atoms with E-state index in [4.69, 9.17) is 19.3 Å². The molecule has 1 atom stereocenters. The molecule has 0 aliphatic heterocycles. The SMILES string of the molecule is CCOC(=O)c1ccc(Oc2cc(O[C@@H](C)C[OH2+])cc(C(=O)Nc3ccn(C)n3)c2)cc1. The summed E-state index contributed by atoms with van der Waals surface area (Å²) < 4.78 is 18.2. The largest absolute Gasteiger partial charge is 0.483 e. The van der Waals surface area contributed by atoms with Crippen molar-refractivity contribution >= 4 is 17.7 Å². The molecule has 32 heavy (non-hydrogen) atoms. The predicted octanol–water partition coefficient (Wildman–Crippen LogP) is 3.13. The van der Waals surface area contributed by atoms with Crippen molar-refractivity contribution in [2.24, 2.45) is 7.05 Å². The first-order chi connectivity index (χ1) is 15.4. The van der Waals surface area contributed by atoms with Crippen molar-refractivity contribution in [2.75, 3.05) is 18.5 Å². The molecule has 0 saturated carbocycles. The van der Waals surface area contributed by atoms with Gasteiger partial charge in [-0.2, -0.15) is 5.10 Å². The third-order valence-electron chi connectivity index (χ3n) is 4.32. The molecule has 0 aliphatic rings. The van der Waals surface area contributed by atoms with Gasteiger partial charge in [0.15, 0.2) is 18.5 Å². The lowest BCUT2D eigenvalue weighted by Gasteiger charge is -2.14. The summed E-state index contributed by atoms with van der Waals surface area (Å²) in [6.45, 7) is 3.87. The lowest BCUT2D eigenvalue weighted by Crippen LogP contribution is -2.17. The molecule has 9 nitrogen and oxygen atoms in total. The zero-order valence-electron chi connectivity index (χ0n) is 18.1. The lowest BCUT2D eigenvalue weighted by molar-refractivity contribution is 0.0526. The van der Waals surface area contributed by atoms with Gasteiger partial charge in [-0.05, 0) is 50.2 Å². The molecule has 0 bridgehead atoms. The number of rotatable bonds is 9. The third-order valence-corrected chi connectivity index (χ3v) is 4.32. The van der Waals surface area contributed by atoms with Crippen LogP contribution < -0.4 is 14.8 Å². The quantitative estimate of drug-likeness (QED) is 0.404. The number of amides is 1. The molecule has 1 aromatic heterocycles. The smallest absolute Gasteiger partial charge is 0.338 e.